The third-order valence-corrected chi connectivity index (χ3v) is 3.81. The minimum atomic E-state index is -0.479. The average Bonchev–Trinajstić information content (AvgIpc) is 2.28. The molecule has 1 fully saturated rings. The highest BCUT2D eigenvalue weighted by molar-refractivity contribution is 4.87. The molecule has 16 heavy (non-hydrogen) atoms. The molecule has 0 aromatic carbocycles. The Bertz CT molecular complexity index is 188. The molecule has 1 saturated carbocycles. The van der Waals surface area contributed by atoms with Gasteiger partial charge in [0.2, 0.25) is 0 Å². The molecule has 1 aliphatic carbocycles. The molecule has 96 valence electrons. The molecule has 0 aliphatic heterocycles. The lowest BCUT2D eigenvalue weighted by molar-refractivity contribution is -0.0120. The van der Waals surface area contributed by atoms with Crippen molar-refractivity contribution in [2.24, 2.45) is 5.92 Å². The van der Waals surface area contributed by atoms with Crippen molar-refractivity contribution in [3.8, 4) is 0 Å². The van der Waals surface area contributed by atoms with Crippen LogP contribution in [0.15, 0.2) is 0 Å². The van der Waals surface area contributed by atoms with Gasteiger partial charge in [0.15, 0.2) is 0 Å². The standard InChI is InChI=1S/C13H27NO2/c1-4-12-5-7-13(15,8-6-12)10-14-11(2)9-16-3/h11-12,14-15H,4-10H2,1-3H3. The van der Waals surface area contributed by atoms with Crippen LogP contribution in [0.4, 0.5) is 0 Å². The fourth-order valence-electron chi connectivity index (χ4n) is 2.47. The van der Waals surface area contributed by atoms with Gasteiger partial charge in [0, 0.05) is 19.7 Å². The zero-order valence-electron chi connectivity index (χ0n) is 11.0. The molecule has 0 bridgehead atoms. The lowest BCUT2D eigenvalue weighted by Crippen LogP contribution is -2.46. The predicted octanol–water partition coefficient (Wildman–Crippen LogP) is 1.94. The van der Waals surface area contributed by atoms with Crippen LogP contribution in [-0.4, -0.2) is 37.0 Å². The van der Waals surface area contributed by atoms with E-state index in [2.05, 4.69) is 19.2 Å². The van der Waals surface area contributed by atoms with E-state index in [9.17, 15) is 5.11 Å². The second kappa shape index (κ2) is 6.58. The molecule has 0 radical (unpaired) electrons. The summed E-state index contributed by atoms with van der Waals surface area (Å²) in [6.07, 6.45) is 5.49. The summed E-state index contributed by atoms with van der Waals surface area (Å²) in [5.74, 6) is 0.830. The molecular weight excluding hydrogens is 202 g/mol. The molecule has 0 spiro atoms. The quantitative estimate of drug-likeness (QED) is 0.731. The predicted molar refractivity (Wildman–Crippen MR) is 66.5 cm³/mol. The number of rotatable bonds is 6. The van der Waals surface area contributed by atoms with Crippen molar-refractivity contribution in [3.05, 3.63) is 0 Å². The molecular formula is C13H27NO2. The molecule has 1 rings (SSSR count). The van der Waals surface area contributed by atoms with Gasteiger partial charge in [-0.25, -0.2) is 0 Å². The fourth-order valence-corrected chi connectivity index (χ4v) is 2.47. The summed E-state index contributed by atoms with van der Waals surface area (Å²) in [6, 6.07) is 0.318. The molecule has 1 unspecified atom stereocenters. The van der Waals surface area contributed by atoms with E-state index in [4.69, 9.17) is 4.74 Å². The second-order valence-corrected chi connectivity index (χ2v) is 5.31. The lowest BCUT2D eigenvalue weighted by atomic mass is 9.78. The number of hydrogen-bond acceptors (Lipinski definition) is 3. The largest absolute Gasteiger partial charge is 0.389 e. The molecule has 1 atom stereocenters. The third-order valence-electron chi connectivity index (χ3n) is 3.81. The molecule has 2 N–H and O–H groups in total. The first-order valence-corrected chi connectivity index (χ1v) is 6.54. The summed E-state index contributed by atoms with van der Waals surface area (Å²) in [5.41, 5.74) is -0.479. The van der Waals surface area contributed by atoms with Crippen molar-refractivity contribution in [2.45, 2.75) is 57.6 Å². The van der Waals surface area contributed by atoms with E-state index in [0.717, 1.165) is 18.8 Å². The maximum atomic E-state index is 10.4. The van der Waals surface area contributed by atoms with Gasteiger partial charge in [0.25, 0.3) is 0 Å². The van der Waals surface area contributed by atoms with E-state index in [1.165, 1.54) is 19.3 Å². The Hall–Kier alpha value is -0.120. The van der Waals surface area contributed by atoms with E-state index in [1.807, 2.05) is 0 Å². The summed E-state index contributed by atoms with van der Waals surface area (Å²) in [5, 5.41) is 13.7. The zero-order chi connectivity index (χ0) is 12.0. The van der Waals surface area contributed by atoms with Crippen molar-refractivity contribution in [2.75, 3.05) is 20.3 Å². The van der Waals surface area contributed by atoms with Crippen LogP contribution in [0.3, 0.4) is 0 Å². The summed E-state index contributed by atoms with van der Waals surface area (Å²) < 4.78 is 5.07. The molecule has 0 heterocycles. The van der Waals surface area contributed by atoms with Gasteiger partial charge < -0.3 is 15.2 Å². The van der Waals surface area contributed by atoms with Crippen molar-refractivity contribution in [1.29, 1.82) is 0 Å². The van der Waals surface area contributed by atoms with Crippen LogP contribution in [0.25, 0.3) is 0 Å². The minimum absolute atomic E-state index is 0.318. The van der Waals surface area contributed by atoms with Gasteiger partial charge in [-0.3, -0.25) is 0 Å². The number of methoxy groups -OCH3 is 1. The first-order valence-electron chi connectivity index (χ1n) is 6.54. The van der Waals surface area contributed by atoms with Crippen LogP contribution in [-0.2, 0) is 4.74 Å². The Morgan fingerprint density at radius 1 is 1.44 bits per heavy atom. The first kappa shape index (κ1) is 13.9. The fraction of sp³-hybridized carbons (Fsp3) is 1.00. The Balaban J connectivity index is 2.25. The van der Waals surface area contributed by atoms with Crippen LogP contribution in [0, 0.1) is 5.92 Å². The van der Waals surface area contributed by atoms with E-state index < -0.39 is 5.60 Å². The Morgan fingerprint density at radius 3 is 2.56 bits per heavy atom. The molecule has 0 aromatic rings. The van der Waals surface area contributed by atoms with E-state index in [1.54, 1.807) is 7.11 Å². The molecule has 3 nitrogen and oxygen atoms in total. The topological polar surface area (TPSA) is 41.5 Å². The van der Waals surface area contributed by atoms with Gasteiger partial charge in [0.1, 0.15) is 0 Å². The van der Waals surface area contributed by atoms with Gasteiger partial charge in [-0.1, -0.05) is 13.3 Å². The van der Waals surface area contributed by atoms with Gasteiger partial charge >= 0.3 is 0 Å². The van der Waals surface area contributed by atoms with E-state index in [-0.39, 0.29) is 0 Å². The van der Waals surface area contributed by atoms with Crippen LogP contribution < -0.4 is 5.32 Å². The van der Waals surface area contributed by atoms with E-state index >= 15 is 0 Å². The SMILES string of the molecule is CCC1CCC(O)(CNC(C)COC)CC1. The molecule has 1 aliphatic rings. The van der Waals surface area contributed by atoms with Crippen molar-refractivity contribution >= 4 is 0 Å². The highest BCUT2D eigenvalue weighted by Crippen LogP contribution is 2.33. The smallest absolute Gasteiger partial charge is 0.0771 e. The monoisotopic (exact) mass is 229 g/mol. The van der Waals surface area contributed by atoms with Crippen molar-refractivity contribution < 1.29 is 9.84 Å². The molecule has 0 saturated heterocycles. The van der Waals surface area contributed by atoms with Gasteiger partial charge in [-0.05, 0) is 38.5 Å². The highest BCUT2D eigenvalue weighted by atomic mass is 16.5. The first-order chi connectivity index (χ1) is 7.59. The Morgan fingerprint density at radius 2 is 2.06 bits per heavy atom. The molecule has 3 heteroatoms. The maximum absolute atomic E-state index is 10.4. The normalized spacial score (nSPS) is 32.6. The Labute approximate surface area is 99.6 Å². The summed E-state index contributed by atoms with van der Waals surface area (Å²) in [6.45, 7) is 5.74. The maximum Gasteiger partial charge on any atom is 0.0771 e. The van der Waals surface area contributed by atoms with Crippen LogP contribution in [0.2, 0.25) is 0 Å². The summed E-state index contributed by atoms with van der Waals surface area (Å²) in [7, 11) is 1.71. The number of hydrogen-bond donors (Lipinski definition) is 2. The van der Waals surface area contributed by atoms with Crippen LogP contribution in [0.1, 0.15) is 46.0 Å². The number of nitrogens with one attached hydrogen (secondary N) is 1. The van der Waals surface area contributed by atoms with Gasteiger partial charge in [-0.15, -0.1) is 0 Å². The molecule has 0 amide bonds. The Kier molecular flexibility index (Phi) is 5.73. The number of ether oxygens (including phenoxy) is 1. The average molecular weight is 229 g/mol. The summed E-state index contributed by atoms with van der Waals surface area (Å²) in [4.78, 5) is 0. The lowest BCUT2D eigenvalue weighted by Gasteiger charge is -2.36. The van der Waals surface area contributed by atoms with Crippen molar-refractivity contribution in [3.63, 3.8) is 0 Å². The third kappa shape index (κ3) is 4.40. The van der Waals surface area contributed by atoms with Gasteiger partial charge in [-0.2, -0.15) is 0 Å². The van der Waals surface area contributed by atoms with E-state index in [0.29, 0.717) is 19.2 Å². The van der Waals surface area contributed by atoms with Crippen LogP contribution in [0.5, 0.6) is 0 Å². The molecule has 0 aromatic heterocycles. The minimum Gasteiger partial charge on any atom is -0.389 e. The number of aliphatic hydroxyl groups is 1. The second-order valence-electron chi connectivity index (χ2n) is 5.31. The van der Waals surface area contributed by atoms with Crippen LogP contribution >= 0.6 is 0 Å². The highest BCUT2D eigenvalue weighted by Gasteiger charge is 2.32. The summed E-state index contributed by atoms with van der Waals surface area (Å²) >= 11 is 0. The van der Waals surface area contributed by atoms with Crippen molar-refractivity contribution in [1.82, 2.24) is 5.32 Å². The zero-order valence-corrected chi connectivity index (χ0v) is 11.0. The van der Waals surface area contributed by atoms with Gasteiger partial charge in [0.05, 0.1) is 12.2 Å².